The Kier molecular flexibility index (Phi) is 7.34. The van der Waals surface area contributed by atoms with Crippen LogP contribution in [0.4, 0.5) is 0 Å². The molecule has 0 radical (unpaired) electrons. The van der Waals surface area contributed by atoms with E-state index < -0.39 is 36.0 Å². The van der Waals surface area contributed by atoms with Crippen LogP contribution in [0.15, 0.2) is 12.2 Å². The van der Waals surface area contributed by atoms with Gasteiger partial charge in [0.05, 0.1) is 24.8 Å². The lowest BCUT2D eigenvalue weighted by Gasteiger charge is -2.26. The number of carbonyl (C=O) groups excluding carboxylic acids is 3. The minimum atomic E-state index is -0.898. The SMILES string of the molecule is CC(CC(=O)C1CC(O)C=CC1O)C[C@H](N)C(=O)NCC(N)=O. The fourth-order valence-electron chi connectivity index (χ4n) is 2.60. The molecule has 0 bridgehead atoms. The molecule has 0 spiro atoms. The lowest BCUT2D eigenvalue weighted by atomic mass is 9.82. The standard InChI is InChI=1S/C15H25N3O5/c1-8(4-11(16)15(23)18-7-14(17)22)5-13(21)10-6-9(19)2-3-12(10)20/h2-3,8-12,19-20H,4-7,16H2,1H3,(H2,17,22)(H,18,23)/t8?,9?,10?,11-,12?/m0/s1. The molecule has 0 aliphatic heterocycles. The van der Waals surface area contributed by atoms with Crippen LogP contribution in [0, 0.1) is 11.8 Å². The zero-order valence-corrected chi connectivity index (χ0v) is 13.1. The highest BCUT2D eigenvalue weighted by atomic mass is 16.3. The van der Waals surface area contributed by atoms with Crippen LogP contribution < -0.4 is 16.8 Å². The van der Waals surface area contributed by atoms with Crippen LogP contribution in [0.3, 0.4) is 0 Å². The van der Waals surface area contributed by atoms with E-state index in [9.17, 15) is 24.6 Å². The number of hydrogen-bond donors (Lipinski definition) is 5. The lowest BCUT2D eigenvalue weighted by Crippen LogP contribution is -2.44. The zero-order chi connectivity index (χ0) is 17.6. The largest absolute Gasteiger partial charge is 0.389 e. The average Bonchev–Trinajstić information content (AvgIpc) is 2.46. The number of nitrogens with two attached hydrogens (primary N) is 2. The van der Waals surface area contributed by atoms with Crippen molar-refractivity contribution in [2.45, 2.75) is 44.4 Å². The van der Waals surface area contributed by atoms with Gasteiger partial charge in [0.25, 0.3) is 0 Å². The van der Waals surface area contributed by atoms with E-state index in [1.54, 1.807) is 6.92 Å². The molecule has 5 atom stereocenters. The van der Waals surface area contributed by atoms with Gasteiger partial charge in [-0.3, -0.25) is 14.4 Å². The van der Waals surface area contributed by atoms with Crippen molar-refractivity contribution in [1.82, 2.24) is 5.32 Å². The van der Waals surface area contributed by atoms with Gasteiger partial charge in [-0.2, -0.15) is 0 Å². The number of Topliss-reactive ketones (excluding diaryl/α,β-unsaturated/α-hetero) is 1. The van der Waals surface area contributed by atoms with Crippen molar-refractivity contribution in [2.75, 3.05) is 6.54 Å². The summed E-state index contributed by atoms with van der Waals surface area (Å²) < 4.78 is 0. The monoisotopic (exact) mass is 327 g/mol. The third kappa shape index (κ3) is 6.47. The molecule has 0 heterocycles. The molecule has 130 valence electrons. The van der Waals surface area contributed by atoms with Crippen LogP contribution in [0.25, 0.3) is 0 Å². The second kappa shape index (κ2) is 8.76. The minimum absolute atomic E-state index is 0.152. The zero-order valence-electron chi connectivity index (χ0n) is 13.1. The molecule has 4 unspecified atom stereocenters. The number of primary amides is 1. The number of ketones is 1. The molecule has 7 N–H and O–H groups in total. The summed E-state index contributed by atoms with van der Waals surface area (Å²) in [5.41, 5.74) is 10.7. The van der Waals surface area contributed by atoms with Crippen molar-refractivity contribution in [3.8, 4) is 0 Å². The molecule has 0 saturated carbocycles. The van der Waals surface area contributed by atoms with Gasteiger partial charge >= 0.3 is 0 Å². The Labute approximate surface area is 134 Å². The van der Waals surface area contributed by atoms with E-state index in [0.29, 0.717) is 0 Å². The molecule has 8 nitrogen and oxygen atoms in total. The number of aliphatic hydroxyl groups excluding tert-OH is 2. The fraction of sp³-hybridized carbons (Fsp3) is 0.667. The Hall–Kier alpha value is -1.77. The second-order valence-corrected chi connectivity index (χ2v) is 6.09. The summed E-state index contributed by atoms with van der Waals surface area (Å²) in [6.07, 6.45) is 1.86. The van der Waals surface area contributed by atoms with E-state index in [2.05, 4.69) is 5.32 Å². The Balaban J connectivity index is 2.44. The first kappa shape index (κ1) is 19.3. The highest BCUT2D eigenvalue weighted by molar-refractivity contribution is 5.86. The van der Waals surface area contributed by atoms with Gasteiger partial charge in [0, 0.05) is 12.3 Å². The fourth-order valence-corrected chi connectivity index (χ4v) is 2.60. The average molecular weight is 327 g/mol. The van der Waals surface area contributed by atoms with E-state index in [0.717, 1.165) is 0 Å². The summed E-state index contributed by atoms with van der Waals surface area (Å²) >= 11 is 0. The predicted octanol–water partition coefficient (Wildman–Crippen LogP) is -1.80. The van der Waals surface area contributed by atoms with Crippen LogP contribution in [0.2, 0.25) is 0 Å². The van der Waals surface area contributed by atoms with E-state index in [4.69, 9.17) is 11.5 Å². The summed E-state index contributed by atoms with van der Waals surface area (Å²) in [6, 6.07) is -0.848. The molecule has 1 aliphatic carbocycles. The van der Waals surface area contributed by atoms with Crippen LogP contribution in [0.5, 0.6) is 0 Å². The number of carbonyl (C=O) groups is 3. The Morgan fingerprint density at radius 2 is 1.96 bits per heavy atom. The van der Waals surface area contributed by atoms with Crippen LogP contribution in [0.1, 0.15) is 26.2 Å². The summed E-state index contributed by atoms with van der Waals surface area (Å²) in [5, 5.41) is 21.7. The van der Waals surface area contributed by atoms with Crippen LogP contribution >= 0.6 is 0 Å². The minimum Gasteiger partial charge on any atom is -0.389 e. The van der Waals surface area contributed by atoms with Crippen molar-refractivity contribution in [3.63, 3.8) is 0 Å². The maximum atomic E-state index is 12.2. The normalized spacial score (nSPS) is 26.3. The third-order valence-corrected chi connectivity index (χ3v) is 3.83. The summed E-state index contributed by atoms with van der Waals surface area (Å²) in [7, 11) is 0. The maximum Gasteiger partial charge on any atom is 0.237 e. The first-order valence-electron chi connectivity index (χ1n) is 7.59. The Morgan fingerprint density at radius 3 is 2.57 bits per heavy atom. The van der Waals surface area contributed by atoms with Crippen LogP contribution in [-0.2, 0) is 14.4 Å². The molecular weight excluding hydrogens is 302 g/mol. The quantitative estimate of drug-likeness (QED) is 0.331. The number of nitrogens with one attached hydrogen (secondary N) is 1. The molecule has 8 heteroatoms. The van der Waals surface area contributed by atoms with Gasteiger partial charge in [-0.25, -0.2) is 0 Å². The van der Waals surface area contributed by atoms with Crippen molar-refractivity contribution < 1.29 is 24.6 Å². The van der Waals surface area contributed by atoms with Gasteiger partial charge in [-0.15, -0.1) is 0 Å². The Morgan fingerprint density at radius 1 is 1.30 bits per heavy atom. The van der Waals surface area contributed by atoms with Gasteiger partial charge in [-0.05, 0) is 18.8 Å². The van der Waals surface area contributed by atoms with Gasteiger partial charge < -0.3 is 27.0 Å². The van der Waals surface area contributed by atoms with Gasteiger partial charge in [-0.1, -0.05) is 19.1 Å². The van der Waals surface area contributed by atoms with Crippen molar-refractivity contribution in [3.05, 3.63) is 12.2 Å². The molecule has 1 aliphatic rings. The molecule has 0 aromatic heterocycles. The topological polar surface area (TPSA) is 156 Å². The van der Waals surface area contributed by atoms with Gasteiger partial charge in [0.1, 0.15) is 5.78 Å². The van der Waals surface area contributed by atoms with Crippen molar-refractivity contribution in [1.29, 1.82) is 0 Å². The number of amides is 2. The molecule has 23 heavy (non-hydrogen) atoms. The lowest BCUT2D eigenvalue weighted by molar-refractivity contribution is -0.128. The van der Waals surface area contributed by atoms with E-state index in [1.165, 1.54) is 12.2 Å². The summed E-state index contributed by atoms with van der Waals surface area (Å²) in [5.74, 6) is -2.14. The number of aliphatic hydroxyl groups is 2. The molecule has 2 amide bonds. The molecule has 0 aromatic carbocycles. The van der Waals surface area contributed by atoms with E-state index in [1.807, 2.05) is 0 Å². The molecule has 0 saturated heterocycles. The number of rotatable bonds is 8. The van der Waals surface area contributed by atoms with Crippen molar-refractivity contribution in [2.24, 2.45) is 23.3 Å². The van der Waals surface area contributed by atoms with Gasteiger partial charge in [0.2, 0.25) is 11.8 Å². The first-order valence-corrected chi connectivity index (χ1v) is 7.59. The highest BCUT2D eigenvalue weighted by Crippen LogP contribution is 2.24. The Bertz CT molecular complexity index is 480. The van der Waals surface area contributed by atoms with Crippen LogP contribution in [-0.4, -0.2) is 52.6 Å². The molecular formula is C15H25N3O5. The van der Waals surface area contributed by atoms with Crippen molar-refractivity contribution >= 4 is 17.6 Å². The first-order chi connectivity index (χ1) is 10.7. The number of hydrogen-bond acceptors (Lipinski definition) is 6. The second-order valence-electron chi connectivity index (χ2n) is 6.09. The third-order valence-electron chi connectivity index (χ3n) is 3.83. The predicted molar refractivity (Wildman–Crippen MR) is 82.8 cm³/mol. The highest BCUT2D eigenvalue weighted by Gasteiger charge is 2.31. The molecule has 1 rings (SSSR count). The molecule has 0 fully saturated rings. The van der Waals surface area contributed by atoms with E-state index >= 15 is 0 Å². The van der Waals surface area contributed by atoms with E-state index in [-0.39, 0.29) is 37.5 Å². The molecule has 0 aromatic rings. The smallest absolute Gasteiger partial charge is 0.237 e. The summed E-state index contributed by atoms with van der Waals surface area (Å²) in [6.45, 7) is 1.50. The van der Waals surface area contributed by atoms with Gasteiger partial charge in [0.15, 0.2) is 0 Å². The maximum absolute atomic E-state index is 12.2. The summed E-state index contributed by atoms with van der Waals surface area (Å²) in [4.78, 5) is 34.5.